The number of hydrogen-bond acceptors (Lipinski definition) is 5. The van der Waals surface area contributed by atoms with E-state index in [1.807, 2.05) is 19.9 Å². The predicted octanol–water partition coefficient (Wildman–Crippen LogP) is 3.47. The molecule has 178 valence electrons. The van der Waals surface area contributed by atoms with Crippen LogP contribution in [0.25, 0.3) is 0 Å². The first-order valence-electron chi connectivity index (χ1n) is 10.3. The molecule has 0 bridgehead atoms. The highest BCUT2D eigenvalue weighted by molar-refractivity contribution is 7.92. The smallest absolute Gasteiger partial charge is 0.279 e. The Labute approximate surface area is 197 Å². The fourth-order valence-electron chi connectivity index (χ4n) is 2.87. The van der Waals surface area contributed by atoms with Crippen molar-refractivity contribution in [2.24, 2.45) is 0 Å². The van der Waals surface area contributed by atoms with Crippen LogP contribution >= 0.6 is 0 Å². The molecule has 0 spiro atoms. The first kappa shape index (κ1) is 24.7. The van der Waals surface area contributed by atoms with Gasteiger partial charge in [0.25, 0.3) is 21.8 Å². The summed E-state index contributed by atoms with van der Waals surface area (Å²) in [6.45, 7) is 5.28. The Morgan fingerprint density at radius 1 is 0.882 bits per heavy atom. The van der Waals surface area contributed by atoms with Crippen molar-refractivity contribution in [3.8, 4) is 5.75 Å². The standard InChI is InChI=1S/C24H24FN3O5S/c1-15-4-9-20(14-16(15)2)28-34(31,32)22-12-5-18(6-13-22)24(30)27-26-23(29)17(3)33-21-10-7-19(25)8-11-21/h4-14,17,28H,1-3H3,(H,26,29)(H,27,30). The van der Waals surface area contributed by atoms with Crippen molar-refractivity contribution in [2.45, 2.75) is 31.8 Å². The Hall–Kier alpha value is -3.92. The molecule has 3 N–H and O–H groups in total. The minimum absolute atomic E-state index is 0.0207. The van der Waals surface area contributed by atoms with Crippen LogP contribution in [0.2, 0.25) is 0 Å². The molecule has 0 saturated carbocycles. The second kappa shape index (κ2) is 10.3. The number of carbonyl (C=O) groups excluding carboxylic acids is 2. The third-order valence-corrected chi connectivity index (χ3v) is 6.38. The van der Waals surface area contributed by atoms with Gasteiger partial charge in [-0.05, 0) is 92.6 Å². The van der Waals surface area contributed by atoms with Gasteiger partial charge < -0.3 is 4.74 Å². The molecule has 0 aliphatic heterocycles. The minimum Gasteiger partial charge on any atom is -0.481 e. The molecular weight excluding hydrogens is 461 g/mol. The maximum atomic E-state index is 13.0. The van der Waals surface area contributed by atoms with E-state index in [1.165, 1.54) is 55.5 Å². The monoisotopic (exact) mass is 485 g/mol. The maximum Gasteiger partial charge on any atom is 0.279 e. The van der Waals surface area contributed by atoms with Gasteiger partial charge in [0.1, 0.15) is 11.6 Å². The summed E-state index contributed by atoms with van der Waals surface area (Å²) in [5, 5.41) is 0. The van der Waals surface area contributed by atoms with E-state index >= 15 is 0 Å². The van der Waals surface area contributed by atoms with Crippen LogP contribution in [0.1, 0.15) is 28.4 Å². The maximum absolute atomic E-state index is 13.0. The molecule has 3 aromatic carbocycles. The molecule has 0 fully saturated rings. The number of aryl methyl sites for hydroxylation is 2. The molecule has 0 aromatic heterocycles. The van der Waals surface area contributed by atoms with Crippen LogP contribution in [0.3, 0.4) is 0 Å². The van der Waals surface area contributed by atoms with E-state index in [0.717, 1.165) is 11.1 Å². The van der Waals surface area contributed by atoms with Crippen molar-refractivity contribution < 1.29 is 27.1 Å². The van der Waals surface area contributed by atoms with Gasteiger partial charge in [-0.3, -0.25) is 25.2 Å². The number of benzene rings is 3. The lowest BCUT2D eigenvalue weighted by atomic mass is 10.1. The number of nitrogens with one attached hydrogen (secondary N) is 3. The number of hydrazine groups is 1. The van der Waals surface area contributed by atoms with Crippen molar-refractivity contribution in [3.05, 3.63) is 89.2 Å². The lowest BCUT2D eigenvalue weighted by Gasteiger charge is -2.15. The van der Waals surface area contributed by atoms with Crippen LogP contribution in [0.4, 0.5) is 10.1 Å². The van der Waals surface area contributed by atoms with Crippen LogP contribution < -0.4 is 20.3 Å². The Kier molecular flexibility index (Phi) is 7.52. The zero-order valence-electron chi connectivity index (χ0n) is 18.8. The second-order valence-corrected chi connectivity index (χ2v) is 9.27. The van der Waals surface area contributed by atoms with Gasteiger partial charge in [-0.2, -0.15) is 0 Å². The summed E-state index contributed by atoms with van der Waals surface area (Å²) in [4.78, 5) is 24.4. The summed E-state index contributed by atoms with van der Waals surface area (Å²) in [7, 11) is -3.85. The molecule has 3 aromatic rings. The molecule has 0 heterocycles. The largest absolute Gasteiger partial charge is 0.481 e. The van der Waals surface area contributed by atoms with Gasteiger partial charge in [0.15, 0.2) is 6.10 Å². The Bertz CT molecular complexity index is 1290. The Morgan fingerprint density at radius 2 is 1.53 bits per heavy atom. The van der Waals surface area contributed by atoms with Crippen molar-refractivity contribution in [1.82, 2.24) is 10.9 Å². The average Bonchev–Trinajstić information content (AvgIpc) is 2.81. The molecule has 34 heavy (non-hydrogen) atoms. The van der Waals surface area contributed by atoms with Gasteiger partial charge in [0.05, 0.1) is 4.90 Å². The molecule has 3 rings (SSSR count). The minimum atomic E-state index is -3.85. The molecule has 0 radical (unpaired) electrons. The summed E-state index contributed by atoms with van der Waals surface area (Å²) < 4.78 is 46.1. The van der Waals surface area contributed by atoms with Crippen molar-refractivity contribution in [2.75, 3.05) is 4.72 Å². The molecule has 0 aliphatic carbocycles. The van der Waals surface area contributed by atoms with Crippen LogP contribution in [0.15, 0.2) is 71.6 Å². The first-order chi connectivity index (χ1) is 16.0. The van der Waals surface area contributed by atoms with Crippen molar-refractivity contribution in [3.63, 3.8) is 0 Å². The number of carbonyl (C=O) groups is 2. The highest BCUT2D eigenvalue weighted by Crippen LogP contribution is 2.19. The quantitative estimate of drug-likeness (QED) is 0.444. The zero-order valence-corrected chi connectivity index (χ0v) is 19.6. The number of rotatable bonds is 7. The molecule has 0 aliphatic rings. The number of ether oxygens (including phenoxy) is 1. The highest BCUT2D eigenvalue weighted by Gasteiger charge is 2.18. The molecule has 10 heteroatoms. The Morgan fingerprint density at radius 3 is 2.15 bits per heavy atom. The van der Waals surface area contributed by atoms with Crippen LogP contribution in [0, 0.1) is 19.7 Å². The van der Waals surface area contributed by atoms with Gasteiger partial charge in [-0.25, -0.2) is 12.8 Å². The first-order valence-corrected chi connectivity index (χ1v) is 11.8. The normalized spacial score (nSPS) is 11.9. The van der Waals surface area contributed by atoms with E-state index in [-0.39, 0.29) is 10.5 Å². The second-order valence-electron chi connectivity index (χ2n) is 7.59. The predicted molar refractivity (Wildman–Crippen MR) is 125 cm³/mol. The van der Waals surface area contributed by atoms with E-state index in [0.29, 0.717) is 11.4 Å². The van der Waals surface area contributed by atoms with E-state index in [1.54, 1.807) is 12.1 Å². The molecule has 2 amide bonds. The van der Waals surface area contributed by atoms with E-state index < -0.39 is 33.8 Å². The molecule has 1 atom stereocenters. The van der Waals surface area contributed by atoms with E-state index in [4.69, 9.17) is 4.74 Å². The summed E-state index contributed by atoms with van der Waals surface area (Å²) in [6, 6.07) is 15.6. The summed E-state index contributed by atoms with van der Waals surface area (Å²) in [6.07, 6.45) is -0.963. The molecular formula is C24H24FN3O5S. The van der Waals surface area contributed by atoms with E-state index in [2.05, 4.69) is 15.6 Å². The third-order valence-electron chi connectivity index (χ3n) is 4.98. The summed E-state index contributed by atoms with van der Waals surface area (Å²) in [5.74, 6) is -1.42. The number of hydrogen-bond donors (Lipinski definition) is 3. The molecule has 1 unspecified atom stereocenters. The molecule has 0 saturated heterocycles. The average molecular weight is 486 g/mol. The lowest BCUT2D eigenvalue weighted by molar-refractivity contribution is -0.128. The van der Waals surface area contributed by atoms with Gasteiger partial charge in [0.2, 0.25) is 0 Å². The van der Waals surface area contributed by atoms with Crippen LogP contribution in [-0.2, 0) is 14.8 Å². The summed E-state index contributed by atoms with van der Waals surface area (Å²) >= 11 is 0. The van der Waals surface area contributed by atoms with Gasteiger partial charge in [0, 0.05) is 11.3 Å². The highest BCUT2D eigenvalue weighted by atomic mass is 32.2. The number of sulfonamides is 1. The van der Waals surface area contributed by atoms with Gasteiger partial charge in [-0.15, -0.1) is 0 Å². The fourth-order valence-corrected chi connectivity index (χ4v) is 3.92. The number of amides is 2. The number of anilines is 1. The van der Waals surface area contributed by atoms with Gasteiger partial charge >= 0.3 is 0 Å². The fraction of sp³-hybridized carbons (Fsp3) is 0.167. The van der Waals surface area contributed by atoms with Gasteiger partial charge in [-0.1, -0.05) is 6.07 Å². The van der Waals surface area contributed by atoms with Crippen LogP contribution in [0.5, 0.6) is 5.75 Å². The third kappa shape index (κ3) is 6.32. The van der Waals surface area contributed by atoms with Crippen molar-refractivity contribution >= 4 is 27.5 Å². The number of halogens is 1. The molecule has 8 nitrogen and oxygen atoms in total. The van der Waals surface area contributed by atoms with E-state index in [9.17, 15) is 22.4 Å². The van der Waals surface area contributed by atoms with Crippen molar-refractivity contribution in [1.29, 1.82) is 0 Å². The zero-order chi connectivity index (χ0) is 24.9. The Balaban J connectivity index is 1.57. The SMILES string of the molecule is Cc1ccc(NS(=O)(=O)c2ccc(C(=O)NNC(=O)C(C)Oc3ccc(F)cc3)cc2)cc1C. The van der Waals surface area contributed by atoms with Crippen LogP contribution in [-0.4, -0.2) is 26.3 Å². The summed E-state index contributed by atoms with van der Waals surface area (Å²) in [5.41, 5.74) is 7.04. The topological polar surface area (TPSA) is 114 Å². The lowest BCUT2D eigenvalue weighted by Crippen LogP contribution is -2.47.